The summed E-state index contributed by atoms with van der Waals surface area (Å²) in [4.78, 5) is 13.0. The molecule has 0 bridgehead atoms. The summed E-state index contributed by atoms with van der Waals surface area (Å²) in [5, 5.41) is 3.36. The second-order valence-electron chi connectivity index (χ2n) is 6.49. The Morgan fingerprint density at radius 2 is 2.29 bits per heavy atom. The van der Waals surface area contributed by atoms with Gasteiger partial charge in [0.1, 0.15) is 11.5 Å². The molecular formula is C17H22BrNO2. The third-order valence-electron chi connectivity index (χ3n) is 5.03. The van der Waals surface area contributed by atoms with E-state index in [2.05, 4.69) is 41.2 Å². The number of fused-ring (bicyclic) bond motifs is 1. The molecule has 2 aliphatic rings. The van der Waals surface area contributed by atoms with Crippen LogP contribution in [0.3, 0.4) is 0 Å². The molecule has 3 rings (SSSR count). The Morgan fingerprint density at radius 1 is 1.48 bits per heavy atom. The standard InChI is InChI=1S/C17H22BrNO2/c1-11(2)17(4-5-19-10-17)15(20)9-13-8-14(18)7-12-3-6-21-16(12)13/h7-8,11,19H,3-6,9-10H2,1-2H3. The Labute approximate surface area is 134 Å². The van der Waals surface area contributed by atoms with Crippen LogP contribution in [-0.4, -0.2) is 25.5 Å². The van der Waals surface area contributed by atoms with Crippen LogP contribution in [0.1, 0.15) is 31.4 Å². The van der Waals surface area contributed by atoms with Crippen molar-refractivity contribution in [3.63, 3.8) is 0 Å². The first kappa shape index (κ1) is 15.0. The molecule has 0 radical (unpaired) electrons. The summed E-state index contributed by atoms with van der Waals surface area (Å²) in [5.41, 5.74) is 2.04. The van der Waals surface area contributed by atoms with E-state index in [1.807, 2.05) is 6.07 Å². The number of carbonyl (C=O) groups is 1. The molecule has 1 N–H and O–H groups in total. The fourth-order valence-electron chi connectivity index (χ4n) is 3.59. The van der Waals surface area contributed by atoms with E-state index in [4.69, 9.17) is 4.74 Å². The second-order valence-corrected chi connectivity index (χ2v) is 7.40. The number of ether oxygens (including phenoxy) is 1. The predicted octanol–water partition coefficient (Wildman–Crippen LogP) is 3.13. The summed E-state index contributed by atoms with van der Waals surface area (Å²) in [7, 11) is 0. The quantitative estimate of drug-likeness (QED) is 0.905. The predicted molar refractivity (Wildman–Crippen MR) is 86.8 cm³/mol. The number of benzene rings is 1. The highest BCUT2D eigenvalue weighted by molar-refractivity contribution is 9.10. The molecule has 1 aromatic carbocycles. The molecule has 1 fully saturated rings. The summed E-state index contributed by atoms with van der Waals surface area (Å²) in [5.74, 6) is 1.65. The number of hydrogen-bond acceptors (Lipinski definition) is 3. The highest BCUT2D eigenvalue weighted by atomic mass is 79.9. The molecule has 0 amide bonds. The summed E-state index contributed by atoms with van der Waals surface area (Å²) in [6, 6.07) is 4.14. The zero-order chi connectivity index (χ0) is 15.0. The maximum absolute atomic E-state index is 13.0. The van der Waals surface area contributed by atoms with E-state index in [0.29, 0.717) is 18.1 Å². The van der Waals surface area contributed by atoms with Crippen LogP contribution >= 0.6 is 15.9 Å². The molecule has 0 saturated carbocycles. The van der Waals surface area contributed by atoms with Crippen LogP contribution in [-0.2, 0) is 17.6 Å². The largest absolute Gasteiger partial charge is 0.493 e. The van der Waals surface area contributed by atoms with Crippen molar-refractivity contribution >= 4 is 21.7 Å². The molecule has 114 valence electrons. The number of nitrogens with one attached hydrogen (secondary N) is 1. The van der Waals surface area contributed by atoms with E-state index < -0.39 is 0 Å². The van der Waals surface area contributed by atoms with Gasteiger partial charge in [-0.05, 0) is 36.6 Å². The maximum Gasteiger partial charge on any atom is 0.145 e. The van der Waals surface area contributed by atoms with Crippen molar-refractivity contribution in [1.29, 1.82) is 0 Å². The molecular weight excluding hydrogens is 330 g/mol. The van der Waals surface area contributed by atoms with Gasteiger partial charge < -0.3 is 10.1 Å². The average molecular weight is 352 g/mol. The van der Waals surface area contributed by atoms with E-state index >= 15 is 0 Å². The first-order valence-corrected chi connectivity index (χ1v) is 8.50. The van der Waals surface area contributed by atoms with Gasteiger partial charge in [-0.3, -0.25) is 4.79 Å². The van der Waals surface area contributed by atoms with Crippen LogP contribution < -0.4 is 10.1 Å². The van der Waals surface area contributed by atoms with Crippen molar-refractivity contribution in [1.82, 2.24) is 5.32 Å². The van der Waals surface area contributed by atoms with Crippen molar-refractivity contribution in [3.05, 3.63) is 27.7 Å². The van der Waals surface area contributed by atoms with E-state index in [0.717, 1.165) is 48.3 Å². The molecule has 0 aliphatic carbocycles. The maximum atomic E-state index is 13.0. The van der Waals surface area contributed by atoms with Crippen LogP contribution in [0.25, 0.3) is 0 Å². The Balaban J connectivity index is 1.88. The van der Waals surface area contributed by atoms with Crippen molar-refractivity contribution in [2.75, 3.05) is 19.7 Å². The lowest BCUT2D eigenvalue weighted by Crippen LogP contribution is -2.39. The lowest BCUT2D eigenvalue weighted by atomic mass is 9.71. The van der Waals surface area contributed by atoms with Crippen molar-refractivity contribution in [2.45, 2.75) is 33.1 Å². The molecule has 1 atom stereocenters. The van der Waals surface area contributed by atoms with Crippen LogP contribution in [0.15, 0.2) is 16.6 Å². The SMILES string of the molecule is CC(C)C1(C(=O)Cc2cc(Br)cc3c2OCC3)CCNC1. The first-order valence-electron chi connectivity index (χ1n) is 7.71. The van der Waals surface area contributed by atoms with Gasteiger partial charge in [0.15, 0.2) is 0 Å². The van der Waals surface area contributed by atoms with Gasteiger partial charge in [-0.1, -0.05) is 29.8 Å². The third kappa shape index (κ3) is 2.64. The number of carbonyl (C=O) groups excluding carboxylic acids is 1. The van der Waals surface area contributed by atoms with Crippen LogP contribution in [0.2, 0.25) is 0 Å². The Bertz CT molecular complexity index is 562. The minimum absolute atomic E-state index is 0.214. The average Bonchev–Trinajstić information content (AvgIpc) is 3.07. The fourth-order valence-corrected chi connectivity index (χ4v) is 4.14. The molecule has 4 heteroatoms. The molecule has 21 heavy (non-hydrogen) atoms. The fraction of sp³-hybridized carbons (Fsp3) is 0.588. The second kappa shape index (κ2) is 5.73. The zero-order valence-electron chi connectivity index (χ0n) is 12.7. The van der Waals surface area contributed by atoms with Gasteiger partial charge in [0.05, 0.1) is 6.61 Å². The highest BCUT2D eigenvalue weighted by Crippen LogP contribution is 2.39. The molecule has 1 saturated heterocycles. The van der Waals surface area contributed by atoms with Crippen molar-refractivity contribution < 1.29 is 9.53 Å². The Kier molecular flexibility index (Phi) is 4.10. The van der Waals surface area contributed by atoms with Gasteiger partial charge in [-0.15, -0.1) is 0 Å². The van der Waals surface area contributed by atoms with Gasteiger partial charge in [0.25, 0.3) is 0 Å². The normalized spacial score (nSPS) is 24.2. The number of Topliss-reactive ketones (excluding diaryl/α,β-unsaturated/α-hetero) is 1. The lowest BCUT2D eigenvalue weighted by Gasteiger charge is -2.31. The smallest absolute Gasteiger partial charge is 0.145 e. The lowest BCUT2D eigenvalue weighted by molar-refractivity contribution is -0.129. The Hall–Kier alpha value is -0.870. The molecule has 1 aromatic rings. The van der Waals surface area contributed by atoms with Crippen LogP contribution in [0.4, 0.5) is 0 Å². The minimum atomic E-state index is -0.214. The van der Waals surface area contributed by atoms with Gasteiger partial charge in [-0.2, -0.15) is 0 Å². The first-order chi connectivity index (χ1) is 10.0. The van der Waals surface area contributed by atoms with E-state index in [-0.39, 0.29) is 5.41 Å². The van der Waals surface area contributed by atoms with Crippen LogP contribution in [0, 0.1) is 11.3 Å². The number of halogens is 1. The summed E-state index contributed by atoms with van der Waals surface area (Å²) in [6.45, 7) is 6.79. The van der Waals surface area contributed by atoms with Crippen LogP contribution in [0.5, 0.6) is 5.75 Å². The molecule has 1 unspecified atom stereocenters. The summed E-state index contributed by atoms with van der Waals surface area (Å²) >= 11 is 3.55. The minimum Gasteiger partial charge on any atom is -0.493 e. The van der Waals surface area contributed by atoms with Crippen molar-refractivity contribution in [2.24, 2.45) is 11.3 Å². The monoisotopic (exact) mass is 351 g/mol. The molecule has 3 nitrogen and oxygen atoms in total. The molecule has 2 heterocycles. The van der Waals surface area contributed by atoms with Gasteiger partial charge >= 0.3 is 0 Å². The number of hydrogen-bond donors (Lipinski definition) is 1. The summed E-state index contributed by atoms with van der Waals surface area (Å²) < 4.78 is 6.79. The number of ketones is 1. The zero-order valence-corrected chi connectivity index (χ0v) is 14.3. The van der Waals surface area contributed by atoms with Gasteiger partial charge in [0.2, 0.25) is 0 Å². The van der Waals surface area contributed by atoms with E-state index in [1.165, 1.54) is 5.56 Å². The van der Waals surface area contributed by atoms with Gasteiger partial charge in [0, 0.05) is 34.8 Å². The third-order valence-corrected chi connectivity index (χ3v) is 5.48. The van der Waals surface area contributed by atoms with E-state index in [9.17, 15) is 4.79 Å². The van der Waals surface area contributed by atoms with E-state index in [1.54, 1.807) is 0 Å². The highest BCUT2D eigenvalue weighted by Gasteiger charge is 2.43. The topological polar surface area (TPSA) is 38.3 Å². The molecule has 0 spiro atoms. The van der Waals surface area contributed by atoms with Gasteiger partial charge in [-0.25, -0.2) is 0 Å². The van der Waals surface area contributed by atoms with Crippen molar-refractivity contribution in [3.8, 4) is 5.75 Å². The Morgan fingerprint density at radius 3 is 2.95 bits per heavy atom. The number of rotatable bonds is 4. The molecule has 0 aromatic heterocycles. The summed E-state index contributed by atoms with van der Waals surface area (Å²) in [6.07, 6.45) is 2.36. The molecule has 2 aliphatic heterocycles.